The van der Waals surface area contributed by atoms with Gasteiger partial charge in [-0.3, -0.25) is 19.7 Å². The van der Waals surface area contributed by atoms with Crippen LogP contribution in [-0.2, 0) is 14.3 Å². The number of carbonyl (C=O) groups excluding carboxylic acids is 2. The van der Waals surface area contributed by atoms with Gasteiger partial charge in [0.1, 0.15) is 11.5 Å². The number of amides is 1. The lowest BCUT2D eigenvalue weighted by atomic mass is 9.93. The van der Waals surface area contributed by atoms with Crippen LogP contribution in [0.5, 0.6) is 5.75 Å². The fourth-order valence-electron chi connectivity index (χ4n) is 3.82. The van der Waals surface area contributed by atoms with E-state index in [-0.39, 0.29) is 23.6 Å². The van der Waals surface area contributed by atoms with Gasteiger partial charge in [-0.25, -0.2) is 0 Å². The average molecular weight is 440 g/mol. The van der Waals surface area contributed by atoms with Crippen LogP contribution >= 0.6 is 0 Å². The molecular weight excluding hydrogens is 416 g/mol. The summed E-state index contributed by atoms with van der Waals surface area (Å²) in [5, 5.41) is 22.4. The smallest absolute Gasteiger partial charge is 0.295 e. The number of non-ortho nitro benzene ring substituents is 1. The maximum Gasteiger partial charge on any atom is 0.295 e. The second kappa shape index (κ2) is 9.61. The summed E-state index contributed by atoms with van der Waals surface area (Å²) in [4.78, 5) is 37.9. The molecule has 0 bridgehead atoms. The molecule has 1 heterocycles. The standard InChI is InChI=1S/C23H24N2O7/c1-14-12-17(32-3)8-9-18(14)21(26)19-20(15-6-4-7-16(13-15)25(29)30)24(10-5-11-31-2)23(28)22(19)27/h4,6-9,12-13,20,26H,5,10-11H2,1-3H3/b21-19+. The minimum atomic E-state index is -0.965. The average Bonchev–Trinajstić information content (AvgIpc) is 3.03. The molecule has 2 aromatic carbocycles. The summed E-state index contributed by atoms with van der Waals surface area (Å²) in [7, 11) is 3.04. The molecule has 1 N–H and O–H groups in total. The zero-order valence-corrected chi connectivity index (χ0v) is 18.0. The van der Waals surface area contributed by atoms with Crippen LogP contribution in [0.3, 0.4) is 0 Å². The van der Waals surface area contributed by atoms with E-state index in [1.807, 2.05) is 0 Å². The molecule has 0 spiro atoms. The van der Waals surface area contributed by atoms with Crippen molar-refractivity contribution in [1.29, 1.82) is 0 Å². The Labute approximate surface area is 185 Å². The molecule has 168 valence electrons. The number of hydrogen-bond donors (Lipinski definition) is 1. The van der Waals surface area contributed by atoms with Crippen molar-refractivity contribution in [2.45, 2.75) is 19.4 Å². The molecule has 32 heavy (non-hydrogen) atoms. The number of likely N-dealkylation sites (tertiary alicyclic amines) is 1. The van der Waals surface area contributed by atoms with E-state index in [1.54, 1.807) is 31.2 Å². The predicted molar refractivity (Wildman–Crippen MR) is 116 cm³/mol. The first-order chi connectivity index (χ1) is 15.3. The SMILES string of the molecule is COCCCN1C(=O)C(=O)/C(=C(/O)c2ccc(OC)cc2C)C1c1cccc([N+](=O)[O-])c1. The molecule has 1 fully saturated rings. The summed E-state index contributed by atoms with van der Waals surface area (Å²) in [5.41, 5.74) is 1.09. The molecule has 0 aromatic heterocycles. The topological polar surface area (TPSA) is 119 Å². The number of nitro groups is 1. The van der Waals surface area contributed by atoms with Gasteiger partial charge in [0.25, 0.3) is 17.4 Å². The van der Waals surface area contributed by atoms with E-state index in [2.05, 4.69) is 0 Å². The van der Waals surface area contributed by atoms with E-state index in [1.165, 1.54) is 37.3 Å². The van der Waals surface area contributed by atoms with Crippen LogP contribution in [0, 0.1) is 17.0 Å². The number of ketones is 1. The Balaban J connectivity index is 2.18. The van der Waals surface area contributed by atoms with Gasteiger partial charge in [0.2, 0.25) is 0 Å². The Kier molecular flexibility index (Phi) is 6.89. The number of carbonyl (C=O) groups is 2. The van der Waals surface area contributed by atoms with Crippen molar-refractivity contribution in [3.8, 4) is 5.75 Å². The van der Waals surface area contributed by atoms with Gasteiger partial charge >= 0.3 is 0 Å². The number of nitrogens with zero attached hydrogens (tertiary/aromatic N) is 2. The number of aliphatic hydroxyl groups excluding tert-OH is 1. The van der Waals surface area contributed by atoms with Crippen molar-refractivity contribution in [1.82, 2.24) is 4.90 Å². The first-order valence-corrected chi connectivity index (χ1v) is 9.96. The first-order valence-electron chi connectivity index (χ1n) is 9.96. The minimum absolute atomic E-state index is 0.110. The van der Waals surface area contributed by atoms with Crippen LogP contribution in [-0.4, -0.2) is 54.0 Å². The van der Waals surface area contributed by atoms with Crippen LogP contribution in [0.25, 0.3) is 5.76 Å². The van der Waals surface area contributed by atoms with Crippen LogP contribution in [0.1, 0.15) is 29.2 Å². The lowest BCUT2D eigenvalue weighted by Crippen LogP contribution is -2.31. The highest BCUT2D eigenvalue weighted by Gasteiger charge is 2.46. The second-order valence-electron chi connectivity index (χ2n) is 7.37. The molecule has 1 aliphatic rings. The third kappa shape index (κ3) is 4.33. The number of ether oxygens (including phenoxy) is 2. The van der Waals surface area contributed by atoms with E-state index in [4.69, 9.17) is 9.47 Å². The highest BCUT2D eigenvalue weighted by atomic mass is 16.6. The zero-order chi connectivity index (χ0) is 23.4. The molecule has 9 nitrogen and oxygen atoms in total. The lowest BCUT2D eigenvalue weighted by molar-refractivity contribution is -0.384. The van der Waals surface area contributed by atoms with Crippen molar-refractivity contribution in [3.05, 3.63) is 74.8 Å². The molecule has 1 atom stereocenters. The van der Waals surface area contributed by atoms with Crippen LogP contribution in [0.4, 0.5) is 5.69 Å². The molecule has 3 rings (SSSR count). The van der Waals surface area contributed by atoms with E-state index in [9.17, 15) is 24.8 Å². The van der Waals surface area contributed by atoms with Crippen molar-refractivity contribution < 1.29 is 29.1 Å². The third-order valence-corrected chi connectivity index (χ3v) is 5.37. The number of aryl methyl sites for hydroxylation is 1. The summed E-state index contributed by atoms with van der Waals surface area (Å²) in [6, 6.07) is 9.70. The summed E-state index contributed by atoms with van der Waals surface area (Å²) in [6.07, 6.45) is 0.455. The van der Waals surface area contributed by atoms with Gasteiger partial charge < -0.3 is 19.5 Å². The summed E-state index contributed by atoms with van der Waals surface area (Å²) in [6.45, 7) is 2.29. The van der Waals surface area contributed by atoms with E-state index >= 15 is 0 Å². The van der Waals surface area contributed by atoms with Gasteiger partial charge in [0.15, 0.2) is 0 Å². The predicted octanol–water partition coefficient (Wildman–Crippen LogP) is 3.37. The van der Waals surface area contributed by atoms with Crippen LogP contribution in [0.2, 0.25) is 0 Å². The molecule has 1 amide bonds. The van der Waals surface area contributed by atoms with Crippen molar-refractivity contribution in [2.75, 3.05) is 27.4 Å². The molecule has 1 saturated heterocycles. The van der Waals surface area contributed by atoms with Gasteiger partial charge in [0.05, 0.1) is 23.6 Å². The highest BCUT2D eigenvalue weighted by molar-refractivity contribution is 6.46. The van der Waals surface area contributed by atoms with Crippen LogP contribution < -0.4 is 4.74 Å². The third-order valence-electron chi connectivity index (χ3n) is 5.37. The van der Waals surface area contributed by atoms with Gasteiger partial charge in [-0.05, 0) is 42.7 Å². The molecule has 2 aromatic rings. The molecular formula is C23H24N2O7. The van der Waals surface area contributed by atoms with Gasteiger partial charge in [0, 0.05) is 38.0 Å². The van der Waals surface area contributed by atoms with E-state index in [0.717, 1.165) is 0 Å². The Morgan fingerprint density at radius 1 is 1.19 bits per heavy atom. The molecule has 0 saturated carbocycles. The van der Waals surface area contributed by atoms with E-state index in [0.29, 0.717) is 35.5 Å². The Morgan fingerprint density at radius 3 is 2.56 bits per heavy atom. The molecule has 0 radical (unpaired) electrons. The van der Waals surface area contributed by atoms with Crippen molar-refractivity contribution in [2.24, 2.45) is 0 Å². The van der Waals surface area contributed by atoms with Gasteiger partial charge in [-0.2, -0.15) is 0 Å². The lowest BCUT2D eigenvalue weighted by Gasteiger charge is -2.25. The number of hydrogen-bond acceptors (Lipinski definition) is 7. The highest BCUT2D eigenvalue weighted by Crippen LogP contribution is 2.41. The zero-order valence-electron chi connectivity index (χ0n) is 18.0. The van der Waals surface area contributed by atoms with Gasteiger partial charge in [-0.15, -0.1) is 0 Å². The maximum absolute atomic E-state index is 13.0. The Morgan fingerprint density at radius 2 is 1.94 bits per heavy atom. The molecule has 0 aliphatic carbocycles. The van der Waals surface area contributed by atoms with E-state index < -0.39 is 22.7 Å². The largest absolute Gasteiger partial charge is 0.507 e. The normalized spacial score (nSPS) is 17.6. The maximum atomic E-state index is 13.0. The number of benzene rings is 2. The Hall–Kier alpha value is -3.72. The fraction of sp³-hybridized carbons (Fsp3) is 0.304. The molecule has 1 aliphatic heterocycles. The fourth-order valence-corrected chi connectivity index (χ4v) is 3.82. The Bertz CT molecular complexity index is 1090. The van der Waals surface area contributed by atoms with Crippen molar-refractivity contribution >= 4 is 23.1 Å². The minimum Gasteiger partial charge on any atom is -0.507 e. The number of Topliss-reactive ketones (excluding diaryl/α,β-unsaturated/α-hetero) is 1. The van der Waals surface area contributed by atoms with Crippen molar-refractivity contribution in [3.63, 3.8) is 0 Å². The molecule has 1 unspecified atom stereocenters. The monoisotopic (exact) mass is 440 g/mol. The van der Waals surface area contributed by atoms with Gasteiger partial charge in [-0.1, -0.05) is 12.1 Å². The quantitative estimate of drug-likeness (QED) is 0.167. The molecule has 9 heteroatoms. The summed E-state index contributed by atoms with van der Waals surface area (Å²) in [5.74, 6) is -1.37. The number of methoxy groups -OCH3 is 2. The summed E-state index contributed by atoms with van der Waals surface area (Å²) >= 11 is 0. The number of nitro benzene ring substituents is 1. The second-order valence-corrected chi connectivity index (χ2v) is 7.37. The van der Waals surface area contributed by atoms with Crippen LogP contribution in [0.15, 0.2) is 48.0 Å². The number of rotatable bonds is 8. The first kappa shape index (κ1) is 23.0. The summed E-state index contributed by atoms with van der Waals surface area (Å²) < 4.78 is 10.2. The number of aliphatic hydroxyl groups is 1.